The van der Waals surface area contributed by atoms with Gasteiger partial charge in [-0.05, 0) is 24.6 Å². The minimum absolute atomic E-state index is 0.618. The van der Waals surface area contributed by atoms with E-state index in [1.807, 2.05) is 24.3 Å². The van der Waals surface area contributed by atoms with Crippen LogP contribution in [0.3, 0.4) is 0 Å². The molecular weight excluding hydrogens is 292 g/mol. The lowest BCUT2D eigenvalue weighted by molar-refractivity contribution is 0.405. The standard InChI is InChI=1S/C17H24N4O2/c1-4-5-6-10-18-17-19-11-9-16(21-17)20-14-12-13(22-2)7-8-15(14)23-3/h7-9,11-12H,4-6,10H2,1-3H3,(H2,18,19,20,21). The number of rotatable bonds is 9. The summed E-state index contributed by atoms with van der Waals surface area (Å²) in [7, 11) is 3.27. The van der Waals surface area contributed by atoms with Crippen molar-refractivity contribution in [3.05, 3.63) is 30.5 Å². The van der Waals surface area contributed by atoms with Crippen LogP contribution in [0.4, 0.5) is 17.5 Å². The Morgan fingerprint density at radius 3 is 2.70 bits per heavy atom. The van der Waals surface area contributed by atoms with Crippen molar-refractivity contribution >= 4 is 17.5 Å². The molecule has 6 nitrogen and oxygen atoms in total. The SMILES string of the molecule is CCCCCNc1nccc(Nc2cc(OC)ccc2OC)n1. The van der Waals surface area contributed by atoms with Crippen molar-refractivity contribution in [3.8, 4) is 11.5 Å². The number of aromatic nitrogens is 2. The molecule has 0 aliphatic rings. The number of methoxy groups -OCH3 is 2. The molecule has 1 heterocycles. The van der Waals surface area contributed by atoms with Crippen molar-refractivity contribution in [2.24, 2.45) is 0 Å². The van der Waals surface area contributed by atoms with E-state index in [1.165, 1.54) is 12.8 Å². The summed E-state index contributed by atoms with van der Waals surface area (Å²) in [4.78, 5) is 8.70. The Morgan fingerprint density at radius 2 is 1.96 bits per heavy atom. The summed E-state index contributed by atoms with van der Waals surface area (Å²) in [6.45, 7) is 3.06. The molecule has 0 saturated heterocycles. The number of nitrogens with one attached hydrogen (secondary N) is 2. The van der Waals surface area contributed by atoms with Crippen molar-refractivity contribution in [1.29, 1.82) is 0 Å². The molecule has 0 aliphatic carbocycles. The van der Waals surface area contributed by atoms with Gasteiger partial charge in [0.05, 0.1) is 19.9 Å². The van der Waals surface area contributed by atoms with Crippen molar-refractivity contribution in [2.45, 2.75) is 26.2 Å². The van der Waals surface area contributed by atoms with Crippen molar-refractivity contribution in [3.63, 3.8) is 0 Å². The lowest BCUT2D eigenvalue weighted by Gasteiger charge is -2.12. The van der Waals surface area contributed by atoms with Crippen LogP contribution in [-0.4, -0.2) is 30.7 Å². The summed E-state index contributed by atoms with van der Waals surface area (Å²) in [6.07, 6.45) is 5.23. The van der Waals surface area contributed by atoms with E-state index in [0.29, 0.717) is 11.8 Å². The van der Waals surface area contributed by atoms with Crippen LogP contribution in [0.5, 0.6) is 11.5 Å². The van der Waals surface area contributed by atoms with Crippen molar-refractivity contribution in [2.75, 3.05) is 31.4 Å². The van der Waals surface area contributed by atoms with E-state index in [2.05, 4.69) is 27.5 Å². The van der Waals surface area contributed by atoms with Gasteiger partial charge in [0.2, 0.25) is 5.95 Å². The van der Waals surface area contributed by atoms with Crippen LogP contribution in [0.2, 0.25) is 0 Å². The van der Waals surface area contributed by atoms with Gasteiger partial charge in [-0.1, -0.05) is 19.8 Å². The number of hydrogen-bond donors (Lipinski definition) is 2. The average molecular weight is 316 g/mol. The van der Waals surface area contributed by atoms with E-state index in [0.717, 1.165) is 30.2 Å². The molecule has 2 rings (SSSR count). The highest BCUT2D eigenvalue weighted by Crippen LogP contribution is 2.31. The van der Waals surface area contributed by atoms with Gasteiger partial charge in [-0.3, -0.25) is 0 Å². The van der Waals surface area contributed by atoms with Crippen LogP contribution in [0.15, 0.2) is 30.5 Å². The van der Waals surface area contributed by atoms with Crippen LogP contribution >= 0.6 is 0 Å². The zero-order chi connectivity index (χ0) is 16.5. The topological polar surface area (TPSA) is 68.3 Å². The quantitative estimate of drug-likeness (QED) is 0.685. The summed E-state index contributed by atoms with van der Waals surface area (Å²) >= 11 is 0. The molecule has 0 saturated carbocycles. The van der Waals surface area contributed by atoms with Crippen LogP contribution < -0.4 is 20.1 Å². The molecule has 1 aromatic carbocycles. The Bertz CT molecular complexity index is 619. The maximum atomic E-state index is 5.36. The van der Waals surface area contributed by atoms with Gasteiger partial charge in [0.15, 0.2) is 0 Å². The lowest BCUT2D eigenvalue weighted by atomic mass is 10.2. The predicted molar refractivity (Wildman–Crippen MR) is 92.9 cm³/mol. The molecule has 0 unspecified atom stereocenters. The van der Waals surface area contributed by atoms with Gasteiger partial charge < -0.3 is 20.1 Å². The summed E-state index contributed by atoms with van der Waals surface area (Å²) in [5.74, 6) is 2.79. The Balaban J connectivity index is 2.08. The molecule has 0 radical (unpaired) electrons. The van der Waals surface area contributed by atoms with Crippen LogP contribution in [0.25, 0.3) is 0 Å². The van der Waals surface area contributed by atoms with E-state index in [9.17, 15) is 0 Å². The highest BCUT2D eigenvalue weighted by molar-refractivity contribution is 5.66. The third-order valence-electron chi connectivity index (χ3n) is 3.39. The number of benzene rings is 1. The molecule has 0 aliphatic heterocycles. The van der Waals surface area contributed by atoms with Crippen molar-refractivity contribution < 1.29 is 9.47 Å². The molecule has 0 amide bonds. The molecule has 0 fully saturated rings. The third kappa shape index (κ3) is 5.02. The normalized spacial score (nSPS) is 10.2. The van der Waals surface area contributed by atoms with E-state index < -0.39 is 0 Å². The van der Waals surface area contributed by atoms with E-state index in [4.69, 9.17) is 9.47 Å². The molecular formula is C17H24N4O2. The summed E-state index contributed by atoms with van der Waals surface area (Å²) in [5, 5.41) is 6.48. The second-order valence-corrected chi connectivity index (χ2v) is 5.09. The number of unbranched alkanes of at least 4 members (excludes halogenated alkanes) is 2. The van der Waals surface area contributed by atoms with Gasteiger partial charge in [-0.2, -0.15) is 4.98 Å². The van der Waals surface area contributed by atoms with Gasteiger partial charge in [0.1, 0.15) is 17.3 Å². The Hall–Kier alpha value is -2.50. The zero-order valence-electron chi connectivity index (χ0n) is 13.9. The van der Waals surface area contributed by atoms with Gasteiger partial charge in [0, 0.05) is 18.8 Å². The maximum absolute atomic E-state index is 5.36. The Labute approximate surface area is 137 Å². The fourth-order valence-corrected chi connectivity index (χ4v) is 2.14. The second-order valence-electron chi connectivity index (χ2n) is 5.09. The van der Waals surface area contributed by atoms with Crippen LogP contribution in [-0.2, 0) is 0 Å². The highest BCUT2D eigenvalue weighted by atomic mass is 16.5. The van der Waals surface area contributed by atoms with Crippen LogP contribution in [0, 0.1) is 0 Å². The summed E-state index contributed by atoms with van der Waals surface area (Å²) < 4.78 is 10.6. The van der Waals surface area contributed by atoms with Gasteiger partial charge in [0.25, 0.3) is 0 Å². The van der Waals surface area contributed by atoms with E-state index in [-0.39, 0.29) is 0 Å². The minimum Gasteiger partial charge on any atom is -0.497 e. The first-order valence-electron chi connectivity index (χ1n) is 7.82. The number of anilines is 3. The van der Waals surface area contributed by atoms with Gasteiger partial charge >= 0.3 is 0 Å². The zero-order valence-corrected chi connectivity index (χ0v) is 13.9. The monoisotopic (exact) mass is 316 g/mol. The van der Waals surface area contributed by atoms with E-state index >= 15 is 0 Å². The number of ether oxygens (including phenoxy) is 2. The Morgan fingerprint density at radius 1 is 1.09 bits per heavy atom. The molecule has 1 aromatic heterocycles. The van der Waals surface area contributed by atoms with Crippen molar-refractivity contribution in [1.82, 2.24) is 9.97 Å². The molecule has 0 atom stereocenters. The number of hydrogen-bond acceptors (Lipinski definition) is 6. The van der Waals surface area contributed by atoms with Gasteiger partial charge in [-0.15, -0.1) is 0 Å². The third-order valence-corrected chi connectivity index (χ3v) is 3.39. The second kappa shape index (κ2) is 8.82. The fraction of sp³-hybridized carbons (Fsp3) is 0.412. The largest absolute Gasteiger partial charge is 0.497 e. The smallest absolute Gasteiger partial charge is 0.224 e. The number of nitrogens with zero attached hydrogens (tertiary/aromatic N) is 2. The van der Waals surface area contributed by atoms with Gasteiger partial charge in [-0.25, -0.2) is 4.98 Å². The first-order chi connectivity index (χ1) is 11.3. The molecule has 2 aromatic rings. The molecule has 23 heavy (non-hydrogen) atoms. The summed E-state index contributed by atoms with van der Waals surface area (Å²) in [5.41, 5.74) is 0.794. The minimum atomic E-state index is 0.618. The average Bonchev–Trinajstić information content (AvgIpc) is 2.59. The molecule has 0 spiro atoms. The Kier molecular flexibility index (Phi) is 6.47. The lowest BCUT2D eigenvalue weighted by Crippen LogP contribution is -2.06. The first kappa shape index (κ1) is 16.9. The molecule has 124 valence electrons. The fourth-order valence-electron chi connectivity index (χ4n) is 2.14. The molecule has 2 N–H and O–H groups in total. The van der Waals surface area contributed by atoms with E-state index in [1.54, 1.807) is 20.4 Å². The first-order valence-corrected chi connectivity index (χ1v) is 7.82. The molecule has 6 heteroatoms. The summed E-state index contributed by atoms with van der Waals surface area (Å²) in [6, 6.07) is 7.39. The predicted octanol–water partition coefficient (Wildman–Crippen LogP) is 3.84. The molecule has 0 bridgehead atoms. The highest BCUT2D eigenvalue weighted by Gasteiger charge is 2.07. The van der Waals surface area contributed by atoms with Crippen LogP contribution in [0.1, 0.15) is 26.2 Å². The maximum Gasteiger partial charge on any atom is 0.224 e.